The minimum Gasteiger partial charge on any atom is -0.508 e. The van der Waals surface area contributed by atoms with Crippen LogP contribution in [-0.2, 0) is 30.4 Å². The number of aromatic hydroxyl groups is 1. The molecule has 0 aromatic heterocycles. The molecule has 46 heavy (non-hydrogen) atoms. The van der Waals surface area contributed by atoms with Crippen LogP contribution in [0.1, 0.15) is 31.2 Å². The third-order valence-electron chi connectivity index (χ3n) is 6.80. The van der Waals surface area contributed by atoms with Crippen LogP contribution in [0.4, 0.5) is 0 Å². The molecular formula is C27H43N11O8. The van der Waals surface area contributed by atoms with Gasteiger partial charge in [0.1, 0.15) is 36.0 Å². The first kappa shape index (κ1) is 37.0. The Labute approximate surface area is 264 Å². The van der Waals surface area contributed by atoms with Gasteiger partial charge >= 0.3 is 0 Å². The van der Waals surface area contributed by atoms with Gasteiger partial charge in [0.15, 0.2) is 11.9 Å². The van der Waals surface area contributed by atoms with Gasteiger partial charge in [-0.1, -0.05) is 12.1 Å². The fourth-order valence-corrected chi connectivity index (χ4v) is 4.37. The van der Waals surface area contributed by atoms with Crippen molar-refractivity contribution >= 4 is 41.5 Å². The van der Waals surface area contributed by atoms with Crippen molar-refractivity contribution in [3.8, 4) is 5.75 Å². The Morgan fingerprint density at radius 2 is 0.935 bits per heavy atom. The second-order valence-electron chi connectivity index (χ2n) is 10.4. The summed E-state index contributed by atoms with van der Waals surface area (Å²) in [6, 6.07) is -1.20. The summed E-state index contributed by atoms with van der Waals surface area (Å²) in [4.78, 5) is 74.2. The predicted octanol–water partition coefficient (Wildman–Crippen LogP) is -5.54. The van der Waals surface area contributed by atoms with Gasteiger partial charge in [0.2, 0.25) is 29.5 Å². The highest BCUT2D eigenvalue weighted by atomic mass is 16.3. The molecule has 16 N–H and O–H groups in total. The largest absolute Gasteiger partial charge is 0.508 e. The maximum atomic E-state index is 13.6. The van der Waals surface area contributed by atoms with E-state index in [2.05, 4.69) is 36.6 Å². The van der Waals surface area contributed by atoms with Crippen LogP contribution in [0.2, 0.25) is 0 Å². The third-order valence-corrected chi connectivity index (χ3v) is 6.80. The maximum absolute atomic E-state index is 13.6. The molecule has 1 aliphatic heterocycles. The van der Waals surface area contributed by atoms with Crippen molar-refractivity contribution in [1.29, 1.82) is 0 Å². The lowest BCUT2D eigenvalue weighted by molar-refractivity contribution is -0.135. The number of rotatable bonds is 12. The number of hydrogen-bond acceptors (Lipinski definition) is 10. The number of amides is 5. The van der Waals surface area contributed by atoms with Crippen LogP contribution in [0.15, 0.2) is 34.3 Å². The Morgan fingerprint density at radius 3 is 1.33 bits per heavy atom. The van der Waals surface area contributed by atoms with E-state index in [9.17, 15) is 39.3 Å². The summed E-state index contributed by atoms with van der Waals surface area (Å²) in [7, 11) is 0. The zero-order valence-electron chi connectivity index (χ0n) is 25.1. The number of guanidine groups is 2. The molecule has 1 heterocycles. The average Bonchev–Trinajstić information content (AvgIpc) is 3.01. The minimum atomic E-state index is -1.55. The van der Waals surface area contributed by atoms with Crippen LogP contribution in [0.5, 0.6) is 5.75 Å². The Bertz CT molecular complexity index is 1270. The lowest BCUT2D eigenvalue weighted by atomic mass is 10.0. The van der Waals surface area contributed by atoms with E-state index in [1.54, 1.807) is 0 Å². The highest BCUT2D eigenvalue weighted by molar-refractivity contribution is 5.98. The third kappa shape index (κ3) is 12.4. The molecule has 0 bridgehead atoms. The fraction of sp³-hybridized carbons (Fsp3) is 0.519. The molecule has 1 aromatic carbocycles. The molecule has 0 radical (unpaired) electrons. The molecule has 19 nitrogen and oxygen atoms in total. The number of nitrogens with zero attached hydrogens (tertiary/aromatic N) is 2. The highest BCUT2D eigenvalue weighted by Crippen LogP contribution is 2.12. The molecule has 1 saturated heterocycles. The Kier molecular flexibility index (Phi) is 15.0. The zero-order valence-corrected chi connectivity index (χ0v) is 25.1. The molecule has 2 rings (SSSR count). The van der Waals surface area contributed by atoms with Gasteiger partial charge in [-0.25, -0.2) is 0 Å². The number of aliphatic hydroxyl groups is 2. The Morgan fingerprint density at radius 1 is 0.587 bits per heavy atom. The monoisotopic (exact) mass is 649 g/mol. The summed E-state index contributed by atoms with van der Waals surface area (Å²) < 4.78 is 0. The average molecular weight is 650 g/mol. The number of phenols is 1. The molecule has 1 aliphatic rings. The SMILES string of the molecule is NC(N)=NCCC[C@@H]1NC(=O)[C@H](CO)NC(=O)[C@H](CCCN=C(N)N)NC(=O)[C@H](Cc2ccc(O)cc2)NC(=O)[C@H](CO)NC1=O. The minimum absolute atomic E-state index is 0.0132. The number of benzene rings is 1. The van der Waals surface area contributed by atoms with Gasteiger partial charge in [-0.3, -0.25) is 34.0 Å². The first-order valence-corrected chi connectivity index (χ1v) is 14.5. The number of carbonyl (C=O) groups is 5. The van der Waals surface area contributed by atoms with Crippen molar-refractivity contribution in [2.75, 3.05) is 26.3 Å². The number of nitrogens with one attached hydrogen (secondary N) is 5. The topological polar surface area (TPSA) is 335 Å². The molecule has 0 saturated carbocycles. The van der Waals surface area contributed by atoms with Gasteiger partial charge in [0, 0.05) is 19.5 Å². The van der Waals surface area contributed by atoms with Crippen molar-refractivity contribution in [2.24, 2.45) is 32.9 Å². The van der Waals surface area contributed by atoms with Crippen molar-refractivity contribution in [1.82, 2.24) is 26.6 Å². The number of aliphatic imine (C=N–C) groups is 2. The lowest BCUT2D eigenvalue weighted by Gasteiger charge is -2.25. The van der Waals surface area contributed by atoms with E-state index in [0.29, 0.717) is 5.56 Å². The van der Waals surface area contributed by atoms with Crippen LogP contribution >= 0.6 is 0 Å². The number of hydrogen-bond donors (Lipinski definition) is 12. The van der Waals surface area contributed by atoms with Crippen molar-refractivity contribution in [3.63, 3.8) is 0 Å². The predicted molar refractivity (Wildman–Crippen MR) is 165 cm³/mol. The summed E-state index contributed by atoms with van der Waals surface area (Å²) in [5.41, 5.74) is 21.9. The van der Waals surface area contributed by atoms with Gasteiger partial charge in [-0.2, -0.15) is 0 Å². The Hall–Kier alpha value is -5.17. The van der Waals surface area contributed by atoms with Gasteiger partial charge < -0.3 is 64.8 Å². The first-order valence-electron chi connectivity index (χ1n) is 14.5. The van der Waals surface area contributed by atoms with E-state index in [1.807, 2.05) is 0 Å². The van der Waals surface area contributed by atoms with Crippen LogP contribution in [0.3, 0.4) is 0 Å². The number of aliphatic hydroxyl groups excluding tert-OH is 2. The van der Waals surface area contributed by atoms with E-state index in [0.717, 1.165) is 0 Å². The number of phenolic OH excluding ortho intramolecular Hbond substituents is 1. The second kappa shape index (κ2) is 18.6. The summed E-state index contributed by atoms with van der Waals surface area (Å²) >= 11 is 0. The first-order chi connectivity index (χ1) is 21.8. The molecule has 1 fully saturated rings. The van der Waals surface area contributed by atoms with Gasteiger partial charge in [0.05, 0.1) is 13.2 Å². The molecule has 5 amide bonds. The second-order valence-corrected chi connectivity index (χ2v) is 10.4. The molecule has 1 aromatic rings. The van der Waals surface area contributed by atoms with Crippen molar-refractivity contribution in [3.05, 3.63) is 29.8 Å². The van der Waals surface area contributed by atoms with Crippen molar-refractivity contribution in [2.45, 2.75) is 62.3 Å². The molecule has 0 spiro atoms. The highest BCUT2D eigenvalue weighted by Gasteiger charge is 2.34. The molecule has 19 heteroatoms. The summed E-state index contributed by atoms with van der Waals surface area (Å²) in [5.74, 6) is -4.81. The Balaban J connectivity index is 2.48. The van der Waals surface area contributed by atoms with Gasteiger partial charge in [-0.05, 0) is 43.4 Å². The van der Waals surface area contributed by atoms with E-state index >= 15 is 0 Å². The normalized spacial score (nSPS) is 22.9. The zero-order chi connectivity index (χ0) is 34.2. The van der Waals surface area contributed by atoms with Gasteiger partial charge in [0.25, 0.3) is 0 Å². The lowest BCUT2D eigenvalue weighted by Crippen LogP contribution is -2.59. The standard InChI is InChI=1S/C27H43N11O8/c28-26(29)32-9-1-3-16-21(42)37-19(12-39)24(45)35-17(4-2-10-33-27(30)31)22(43)38-20(13-40)25(46)36-18(23(44)34-16)11-14-5-7-15(41)8-6-14/h5-8,16-20,39-41H,1-4,9-13H2,(H,34,44)(H,35,45)(H,36,46)(H,37,42)(H,38,43)(H4,28,29,32)(H4,30,31,33)/t16-,17-,18-,19-,20-/m0/s1. The quantitative estimate of drug-likeness (QED) is 0.0573. The number of nitrogens with two attached hydrogens (primary N) is 4. The van der Waals surface area contributed by atoms with E-state index in [4.69, 9.17) is 22.9 Å². The molecule has 254 valence electrons. The smallest absolute Gasteiger partial charge is 0.245 e. The molecular weight excluding hydrogens is 606 g/mol. The van der Waals surface area contributed by atoms with Crippen LogP contribution in [0.25, 0.3) is 0 Å². The fourth-order valence-electron chi connectivity index (χ4n) is 4.37. The summed E-state index contributed by atoms with van der Waals surface area (Å²) in [6.45, 7) is -1.53. The summed E-state index contributed by atoms with van der Waals surface area (Å²) in [5, 5.41) is 41.8. The number of carbonyl (C=O) groups excluding carboxylic acids is 5. The van der Waals surface area contributed by atoms with Crippen molar-refractivity contribution < 1.29 is 39.3 Å². The summed E-state index contributed by atoms with van der Waals surface area (Å²) in [6.07, 6.45) is 0.258. The van der Waals surface area contributed by atoms with Crippen LogP contribution < -0.4 is 49.5 Å². The maximum Gasteiger partial charge on any atom is 0.245 e. The van der Waals surface area contributed by atoms with E-state index in [1.165, 1.54) is 24.3 Å². The van der Waals surface area contributed by atoms with Crippen LogP contribution in [-0.4, -0.2) is 113 Å². The molecule has 0 aliphatic carbocycles. The molecule has 5 atom stereocenters. The van der Waals surface area contributed by atoms with Gasteiger partial charge in [-0.15, -0.1) is 0 Å². The van der Waals surface area contributed by atoms with E-state index in [-0.39, 0.29) is 62.9 Å². The van der Waals surface area contributed by atoms with Crippen LogP contribution in [0, 0.1) is 0 Å². The molecule has 0 unspecified atom stereocenters. The van der Waals surface area contributed by atoms with E-state index < -0.39 is 73.0 Å².